The molecule has 0 spiro atoms. The Balaban J connectivity index is 2.17. The van der Waals surface area contributed by atoms with Gasteiger partial charge in [-0.15, -0.1) is 0 Å². The predicted molar refractivity (Wildman–Crippen MR) is 110 cm³/mol. The molecule has 0 aromatic heterocycles. The van der Waals surface area contributed by atoms with Crippen LogP contribution < -0.4 is 10.6 Å². The van der Waals surface area contributed by atoms with Crippen molar-refractivity contribution in [2.75, 3.05) is 7.11 Å². The topological polar surface area (TPSA) is 84.5 Å². The van der Waals surface area contributed by atoms with Gasteiger partial charge in [0.15, 0.2) is 0 Å². The molecule has 2 N–H and O–H groups in total. The molecule has 8 heteroatoms. The maximum Gasteiger partial charge on any atom is 0.328 e. The molecule has 154 valence electrons. The van der Waals surface area contributed by atoms with Crippen LogP contribution in [0.1, 0.15) is 18.1 Å². The van der Waals surface area contributed by atoms with Crippen molar-refractivity contribution >= 4 is 33.7 Å². The minimum Gasteiger partial charge on any atom is -0.467 e. The van der Waals surface area contributed by atoms with Crippen molar-refractivity contribution in [1.29, 1.82) is 0 Å². The Labute approximate surface area is 177 Å². The minimum absolute atomic E-state index is 0.0773. The lowest BCUT2D eigenvalue weighted by molar-refractivity contribution is -0.145. The van der Waals surface area contributed by atoms with Gasteiger partial charge in [0.05, 0.1) is 7.11 Å². The lowest BCUT2D eigenvalue weighted by atomic mass is 10.0. The van der Waals surface area contributed by atoms with Gasteiger partial charge in [0, 0.05) is 24.2 Å². The summed E-state index contributed by atoms with van der Waals surface area (Å²) in [6, 6.07) is 11.2. The highest BCUT2D eigenvalue weighted by Crippen LogP contribution is 2.14. The third-order valence-corrected chi connectivity index (χ3v) is 4.65. The number of carbonyl (C=O) groups excluding carboxylic acids is 3. The van der Waals surface area contributed by atoms with Gasteiger partial charge in [0.2, 0.25) is 11.8 Å². The number of ether oxygens (including phenoxy) is 1. The Bertz CT molecular complexity index is 890. The first kappa shape index (κ1) is 22.5. The third kappa shape index (κ3) is 7.30. The van der Waals surface area contributed by atoms with E-state index in [-0.39, 0.29) is 12.8 Å². The number of amides is 2. The zero-order valence-corrected chi connectivity index (χ0v) is 17.7. The summed E-state index contributed by atoms with van der Waals surface area (Å²) in [4.78, 5) is 36.6. The van der Waals surface area contributed by atoms with Crippen molar-refractivity contribution in [1.82, 2.24) is 10.6 Å². The number of benzene rings is 2. The molecular formula is C21H22BrFN2O4. The SMILES string of the molecule is COC(=O)[C@@H](Cc1cccc(Br)c1)NC(=O)[C@@H](Cc1cccc(F)c1)NC(C)=O. The Morgan fingerprint density at radius 3 is 2.21 bits per heavy atom. The summed E-state index contributed by atoms with van der Waals surface area (Å²) in [6.07, 6.45) is 0.290. The van der Waals surface area contributed by atoms with Crippen molar-refractivity contribution in [3.05, 3.63) is 69.9 Å². The highest BCUT2D eigenvalue weighted by Gasteiger charge is 2.27. The van der Waals surface area contributed by atoms with E-state index in [0.29, 0.717) is 5.56 Å². The fraction of sp³-hybridized carbons (Fsp3) is 0.286. The van der Waals surface area contributed by atoms with E-state index >= 15 is 0 Å². The van der Waals surface area contributed by atoms with E-state index in [1.54, 1.807) is 6.07 Å². The first-order chi connectivity index (χ1) is 13.8. The monoisotopic (exact) mass is 464 g/mol. The van der Waals surface area contributed by atoms with Crippen molar-refractivity contribution in [3.8, 4) is 0 Å². The fourth-order valence-corrected chi connectivity index (χ4v) is 3.31. The van der Waals surface area contributed by atoms with Gasteiger partial charge in [-0.3, -0.25) is 9.59 Å². The average Bonchev–Trinajstić information content (AvgIpc) is 2.66. The molecule has 0 unspecified atom stereocenters. The van der Waals surface area contributed by atoms with E-state index in [9.17, 15) is 18.8 Å². The predicted octanol–water partition coefficient (Wildman–Crippen LogP) is 2.54. The molecule has 2 aromatic carbocycles. The standard InChI is InChI=1S/C21H22BrFN2O4/c1-13(26)24-18(11-15-6-4-8-17(23)10-15)20(27)25-19(21(28)29-2)12-14-5-3-7-16(22)9-14/h3-10,18-19H,11-12H2,1-2H3,(H,24,26)(H,25,27)/t18-,19-/m1/s1. The summed E-state index contributed by atoms with van der Waals surface area (Å²) in [6.45, 7) is 1.28. The molecule has 2 amide bonds. The Hall–Kier alpha value is -2.74. The van der Waals surface area contributed by atoms with Gasteiger partial charge in [-0.05, 0) is 35.4 Å². The zero-order valence-electron chi connectivity index (χ0n) is 16.1. The van der Waals surface area contributed by atoms with E-state index in [2.05, 4.69) is 26.6 Å². The molecule has 0 fully saturated rings. The molecule has 2 atom stereocenters. The Kier molecular flexibility index (Phi) is 8.33. The number of carbonyl (C=O) groups is 3. The van der Waals surface area contributed by atoms with Gasteiger partial charge in [0.25, 0.3) is 0 Å². The molecule has 2 rings (SSSR count). The first-order valence-electron chi connectivity index (χ1n) is 8.92. The largest absolute Gasteiger partial charge is 0.467 e. The maximum absolute atomic E-state index is 13.5. The third-order valence-electron chi connectivity index (χ3n) is 4.15. The number of esters is 1. The molecule has 2 aromatic rings. The molecule has 0 saturated heterocycles. The van der Waals surface area contributed by atoms with Crippen LogP contribution >= 0.6 is 15.9 Å². The molecule has 0 radical (unpaired) electrons. The molecule has 29 heavy (non-hydrogen) atoms. The van der Waals surface area contributed by atoms with Crippen molar-refractivity contribution in [2.45, 2.75) is 31.8 Å². The van der Waals surface area contributed by atoms with Gasteiger partial charge < -0.3 is 15.4 Å². The molecule has 0 aliphatic rings. The van der Waals surface area contributed by atoms with Crippen molar-refractivity contribution < 1.29 is 23.5 Å². The Morgan fingerprint density at radius 1 is 1.00 bits per heavy atom. The number of halogens is 2. The van der Waals surface area contributed by atoms with E-state index < -0.39 is 35.7 Å². The van der Waals surface area contributed by atoms with Crippen LogP contribution in [0.2, 0.25) is 0 Å². The lowest BCUT2D eigenvalue weighted by Crippen LogP contribution is -2.53. The normalized spacial score (nSPS) is 12.6. The summed E-state index contributed by atoms with van der Waals surface area (Å²) in [5.41, 5.74) is 1.36. The van der Waals surface area contributed by atoms with Gasteiger partial charge in [-0.1, -0.05) is 40.2 Å². The first-order valence-corrected chi connectivity index (χ1v) is 9.72. The van der Waals surface area contributed by atoms with Crippen LogP contribution in [0.4, 0.5) is 4.39 Å². The zero-order chi connectivity index (χ0) is 21.4. The van der Waals surface area contributed by atoms with Gasteiger partial charge in [-0.25, -0.2) is 9.18 Å². The molecule has 0 bridgehead atoms. The molecule has 0 aliphatic heterocycles. The minimum atomic E-state index is -0.969. The number of methoxy groups -OCH3 is 1. The second-order valence-corrected chi connectivity index (χ2v) is 7.42. The average molecular weight is 465 g/mol. The van der Waals surface area contributed by atoms with E-state index in [1.165, 1.54) is 32.2 Å². The molecule has 6 nitrogen and oxygen atoms in total. The highest BCUT2D eigenvalue weighted by molar-refractivity contribution is 9.10. The summed E-state index contributed by atoms with van der Waals surface area (Å²) in [7, 11) is 1.24. The van der Waals surface area contributed by atoms with Crippen molar-refractivity contribution in [3.63, 3.8) is 0 Å². The van der Waals surface area contributed by atoms with Crippen LogP contribution in [-0.2, 0) is 32.0 Å². The van der Waals surface area contributed by atoms with Gasteiger partial charge in [0.1, 0.15) is 17.9 Å². The van der Waals surface area contributed by atoms with Gasteiger partial charge in [-0.2, -0.15) is 0 Å². The molecule has 0 heterocycles. The number of hydrogen-bond acceptors (Lipinski definition) is 4. The molecule has 0 saturated carbocycles. The number of hydrogen-bond donors (Lipinski definition) is 2. The lowest BCUT2D eigenvalue weighted by Gasteiger charge is -2.22. The van der Waals surface area contributed by atoms with E-state index in [4.69, 9.17) is 4.74 Å². The number of nitrogens with one attached hydrogen (secondary N) is 2. The summed E-state index contributed by atoms with van der Waals surface area (Å²) >= 11 is 3.37. The summed E-state index contributed by atoms with van der Waals surface area (Å²) in [5.74, 6) is -2.02. The van der Waals surface area contributed by atoms with Crippen LogP contribution in [0.25, 0.3) is 0 Å². The molecular weight excluding hydrogens is 443 g/mol. The van der Waals surface area contributed by atoms with E-state index in [1.807, 2.05) is 24.3 Å². The quantitative estimate of drug-likeness (QED) is 0.587. The second-order valence-electron chi connectivity index (χ2n) is 6.51. The van der Waals surface area contributed by atoms with Crippen LogP contribution in [0.5, 0.6) is 0 Å². The second kappa shape index (κ2) is 10.7. The summed E-state index contributed by atoms with van der Waals surface area (Å²) in [5, 5.41) is 5.19. The van der Waals surface area contributed by atoms with E-state index in [0.717, 1.165) is 10.0 Å². The Morgan fingerprint density at radius 2 is 1.62 bits per heavy atom. The summed E-state index contributed by atoms with van der Waals surface area (Å²) < 4.78 is 19.1. The highest BCUT2D eigenvalue weighted by atomic mass is 79.9. The smallest absolute Gasteiger partial charge is 0.328 e. The fourth-order valence-electron chi connectivity index (χ4n) is 2.86. The van der Waals surface area contributed by atoms with Crippen LogP contribution in [0.15, 0.2) is 53.0 Å². The van der Waals surface area contributed by atoms with Crippen molar-refractivity contribution in [2.24, 2.45) is 0 Å². The van der Waals surface area contributed by atoms with Crippen LogP contribution in [-0.4, -0.2) is 37.0 Å². The van der Waals surface area contributed by atoms with Gasteiger partial charge >= 0.3 is 5.97 Å². The molecule has 0 aliphatic carbocycles. The van der Waals surface area contributed by atoms with Crippen LogP contribution in [0.3, 0.4) is 0 Å². The number of rotatable bonds is 8. The maximum atomic E-state index is 13.5. The van der Waals surface area contributed by atoms with Crippen LogP contribution in [0, 0.1) is 5.82 Å².